The summed E-state index contributed by atoms with van der Waals surface area (Å²) in [6.45, 7) is 10.6. The maximum Gasteiger partial charge on any atom is 0.0637 e. The summed E-state index contributed by atoms with van der Waals surface area (Å²) in [4.78, 5) is 1.96. The molecule has 0 aromatic carbocycles. The molecule has 3 nitrogen and oxygen atoms in total. The fourth-order valence-electron chi connectivity index (χ4n) is 0.537. The van der Waals surface area contributed by atoms with Crippen LogP contribution in [0.4, 0.5) is 0 Å². The van der Waals surface area contributed by atoms with Crippen LogP contribution in [0.25, 0.3) is 0 Å². The summed E-state index contributed by atoms with van der Waals surface area (Å²) in [7, 11) is 3.61. The molecule has 0 aliphatic rings. The molecule has 0 radical (unpaired) electrons. The van der Waals surface area contributed by atoms with Crippen LogP contribution in [0.15, 0.2) is 12.3 Å². The van der Waals surface area contributed by atoms with E-state index in [1.54, 1.807) is 13.2 Å². The molecule has 0 atom stereocenters. The molecule has 0 saturated carbocycles. The smallest absolute Gasteiger partial charge is 0.0637 e. The van der Waals surface area contributed by atoms with Gasteiger partial charge in [0.15, 0.2) is 0 Å². The second-order valence-corrected chi connectivity index (χ2v) is 4.53. The average Bonchev–Trinajstić information content (AvgIpc) is 2.24. The average molecular weight is 231 g/mol. The van der Waals surface area contributed by atoms with Crippen molar-refractivity contribution in [2.45, 2.75) is 27.7 Å². The number of methoxy groups -OCH3 is 1. The number of aliphatic hydroxyl groups is 1. The molecular weight excluding hydrogens is 202 g/mol. The maximum atomic E-state index is 8.40. The molecule has 0 fully saturated rings. The minimum absolute atomic E-state index is 0.0946. The van der Waals surface area contributed by atoms with Crippen molar-refractivity contribution in [3.63, 3.8) is 0 Å². The van der Waals surface area contributed by atoms with Crippen molar-refractivity contribution < 1.29 is 9.84 Å². The molecule has 3 heteroatoms. The Kier molecular flexibility index (Phi) is 14.0. The summed E-state index contributed by atoms with van der Waals surface area (Å²) < 4.78 is 4.85. The number of nitrogens with zero attached hydrogens (tertiary/aromatic N) is 1. The van der Waals surface area contributed by atoms with E-state index in [-0.39, 0.29) is 6.61 Å². The lowest BCUT2D eigenvalue weighted by Gasteiger charge is -2.11. The number of rotatable bonds is 6. The Morgan fingerprint density at radius 2 is 1.69 bits per heavy atom. The molecule has 0 aromatic heterocycles. The molecule has 16 heavy (non-hydrogen) atoms. The van der Waals surface area contributed by atoms with Crippen molar-refractivity contribution in [2.75, 3.05) is 33.9 Å². The second kappa shape index (κ2) is 12.5. The Bertz CT molecular complexity index is 150. The molecule has 98 valence electrons. The molecule has 0 aromatic rings. The van der Waals surface area contributed by atoms with Gasteiger partial charge in [0.2, 0.25) is 0 Å². The Balaban J connectivity index is 0. The molecule has 0 bridgehead atoms. The Morgan fingerprint density at radius 3 is 2.00 bits per heavy atom. The quantitative estimate of drug-likeness (QED) is 0.762. The number of likely N-dealkylation sites (N-methyl/N-ethyl adjacent to an activating group) is 1. The summed E-state index contributed by atoms with van der Waals surface area (Å²) in [5, 5.41) is 8.40. The highest BCUT2D eigenvalue weighted by Gasteiger charge is 1.95. The fraction of sp³-hybridized carbons (Fsp3) is 0.846. The van der Waals surface area contributed by atoms with E-state index < -0.39 is 0 Å². The van der Waals surface area contributed by atoms with E-state index in [9.17, 15) is 0 Å². The summed E-state index contributed by atoms with van der Waals surface area (Å²) in [6.07, 6.45) is 3.52. The molecule has 0 heterocycles. The topological polar surface area (TPSA) is 32.7 Å². The lowest BCUT2D eigenvalue weighted by Crippen LogP contribution is -2.16. The first-order valence-corrected chi connectivity index (χ1v) is 5.92. The van der Waals surface area contributed by atoms with Gasteiger partial charge in [0.1, 0.15) is 0 Å². The van der Waals surface area contributed by atoms with Gasteiger partial charge in [-0.05, 0) is 24.1 Å². The van der Waals surface area contributed by atoms with Gasteiger partial charge >= 0.3 is 0 Å². The highest BCUT2D eigenvalue weighted by molar-refractivity contribution is 4.79. The van der Waals surface area contributed by atoms with Crippen molar-refractivity contribution in [3.8, 4) is 0 Å². The molecule has 0 aliphatic carbocycles. The van der Waals surface area contributed by atoms with E-state index in [1.165, 1.54) is 0 Å². The van der Waals surface area contributed by atoms with Gasteiger partial charge in [0.05, 0.1) is 13.2 Å². The van der Waals surface area contributed by atoms with Crippen LogP contribution >= 0.6 is 0 Å². The number of aliphatic hydroxyl groups excluding tert-OH is 1. The zero-order valence-electron chi connectivity index (χ0n) is 11.7. The van der Waals surface area contributed by atoms with Gasteiger partial charge in [0.25, 0.3) is 0 Å². The van der Waals surface area contributed by atoms with Crippen LogP contribution in [0.2, 0.25) is 0 Å². The first-order valence-electron chi connectivity index (χ1n) is 5.92. The Morgan fingerprint density at radius 1 is 1.19 bits per heavy atom. The Labute approximate surface area is 101 Å². The highest BCUT2D eigenvalue weighted by atomic mass is 16.5. The Hall–Kier alpha value is -0.540. The predicted molar refractivity (Wildman–Crippen MR) is 70.4 cm³/mol. The maximum absolute atomic E-state index is 8.40. The number of hydrogen-bond donors (Lipinski definition) is 1. The molecule has 0 aliphatic heterocycles. The summed E-state index contributed by atoms with van der Waals surface area (Å²) in [5.74, 6) is 1.70. The zero-order valence-corrected chi connectivity index (χ0v) is 11.7. The van der Waals surface area contributed by atoms with Crippen molar-refractivity contribution in [1.82, 2.24) is 4.90 Å². The molecule has 0 spiro atoms. The van der Waals surface area contributed by atoms with Gasteiger partial charge in [0, 0.05) is 20.7 Å². The molecule has 0 unspecified atom stereocenters. The first-order chi connectivity index (χ1) is 7.45. The monoisotopic (exact) mass is 231 g/mol. The van der Waals surface area contributed by atoms with Crippen molar-refractivity contribution >= 4 is 0 Å². The van der Waals surface area contributed by atoms with Crippen molar-refractivity contribution in [1.29, 1.82) is 0 Å². The van der Waals surface area contributed by atoms with E-state index in [0.29, 0.717) is 6.61 Å². The van der Waals surface area contributed by atoms with Crippen LogP contribution in [0.1, 0.15) is 27.7 Å². The van der Waals surface area contributed by atoms with Crippen LogP contribution in [0, 0.1) is 11.8 Å². The van der Waals surface area contributed by atoms with Crippen LogP contribution < -0.4 is 0 Å². The van der Waals surface area contributed by atoms with E-state index in [0.717, 1.165) is 18.4 Å². The molecule has 1 N–H and O–H groups in total. The summed E-state index contributed by atoms with van der Waals surface area (Å²) in [6, 6.07) is 0. The van der Waals surface area contributed by atoms with Gasteiger partial charge in [-0.2, -0.15) is 0 Å². The van der Waals surface area contributed by atoms with Crippen LogP contribution in [-0.2, 0) is 4.74 Å². The van der Waals surface area contributed by atoms with Crippen LogP contribution in [0.3, 0.4) is 0 Å². The van der Waals surface area contributed by atoms with Crippen molar-refractivity contribution in [2.24, 2.45) is 11.8 Å². The van der Waals surface area contributed by atoms with Gasteiger partial charge in [-0.1, -0.05) is 27.7 Å². The van der Waals surface area contributed by atoms with Crippen LogP contribution in [0.5, 0.6) is 0 Å². The third-order valence-electron chi connectivity index (χ3n) is 2.45. The second-order valence-electron chi connectivity index (χ2n) is 4.53. The zero-order chi connectivity index (χ0) is 13.0. The minimum atomic E-state index is 0.0946. The lowest BCUT2D eigenvalue weighted by molar-refractivity contribution is 0.177. The normalized spacial score (nSPS) is 10.8. The summed E-state index contributed by atoms with van der Waals surface area (Å²) in [5.41, 5.74) is 0. The third kappa shape index (κ3) is 15.9. The van der Waals surface area contributed by atoms with E-state index in [1.807, 2.05) is 18.1 Å². The third-order valence-corrected chi connectivity index (χ3v) is 2.45. The van der Waals surface area contributed by atoms with Crippen LogP contribution in [-0.4, -0.2) is 43.9 Å². The van der Waals surface area contributed by atoms with Crippen molar-refractivity contribution in [3.05, 3.63) is 12.3 Å². The summed E-state index contributed by atoms with van der Waals surface area (Å²) >= 11 is 0. The first kappa shape index (κ1) is 17.8. The van der Waals surface area contributed by atoms with E-state index in [4.69, 9.17) is 9.84 Å². The van der Waals surface area contributed by atoms with Gasteiger partial charge in [-0.15, -0.1) is 0 Å². The molecule has 0 amide bonds. The largest absolute Gasteiger partial charge is 0.392 e. The van der Waals surface area contributed by atoms with Gasteiger partial charge in [-0.3, -0.25) is 0 Å². The molecule has 0 saturated heterocycles. The number of hydrogen-bond acceptors (Lipinski definition) is 3. The van der Waals surface area contributed by atoms with Gasteiger partial charge < -0.3 is 14.7 Å². The fourth-order valence-corrected chi connectivity index (χ4v) is 0.537. The van der Waals surface area contributed by atoms with E-state index in [2.05, 4.69) is 27.7 Å². The molecule has 0 rings (SSSR count). The SMILES string of the molecule is CC(C)C(C)C.COCCN(C)/C=C/CO. The number of ether oxygens (including phenoxy) is 1. The highest BCUT2D eigenvalue weighted by Crippen LogP contribution is 2.05. The molecular formula is C13H29NO2. The standard InChI is InChI=1S/C7H15NO2.C6H14/c1-8(4-3-6-9)5-7-10-2;1-5(2)6(3)4/h3-4,9H,5-7H2,1-2H3;5-6H,1-4H3/b4-3+;. The predicted octanol–water partition coefficient (Wildman–Crippen LogP) is 2.37. The lowest BCUT2D eigenvalue weighted by atomic mass is 10.0. The minimum Gasteiger partial charge on any atom is -0.392 e. The van der Waals surface area contributed by atoms with Gasteiger partial charge in [-0.25, -0.2) is 0 Å². The van der Waals surface area contributed by atoms with E-state index >= 15 is 0 Å².